The van der Waals surface area contributed by atoms with Crippen LogP contribution in [-0.4, -0.2) is 21.4 Å². The van der Waals surface area contributed by atoms with Crippen molar-refractivity contribution in [3.8, 4) is 0 Å². The molecule has 2 aromatic rings. The van der Waals surface area contributed by atoms with Gasteiger partial charge in [-0.05, 0) is 43.4 Å². The third-order valence-corrected chi connectivity index (χ3v) is 5.19. The van der Waals surface area contributed by atoms with Gasteiger partial charge in [-0.25, -0.2) is 4.79 Å². The molecule has 3 rings (SSSR count). The van der Waals surface area contributed by atoms with Crippen molar-refractivity contribution in [3.63, 3.8) is 0 Å². The van der Waals surface area contributed by atoms with Gasteiger partial charge < -0.3 is 9.67 Å². The van der Waals surface area contributed by atoms with E-state index in [1.807, 2.05) is 6.07 Å². The molecular formula is C16H17NO3S. The molecule has 0 radical (unpaired) electrons. The highest BCUT2D eigenvalue weighted by molar-refractivity contribution is 7.14. The molecule has 4 nitrogen and oxygen atoms in total. The molecule has 0 bridgehead atoms. The fourth-order valence-electron chi connectivity index (χ4n) is 2.82. The number of fused-ring (bicyclic) bond motifs is 1. The second-order valence-corrected chi connectivity index (χ2v) is 6.62. The van der Waals surface area contributed by atoms with Gasteiger partial charge in [-0.1, -0.05) is 6.42 Å². The minimum absolute atomic E-state index is 0.0730. The van der Waals surface area contributed by atoms with E-state index >= 15 is 0 Å². The Morgan fingerprint density at radius 2 is 1.95 bits per heavy atom. The van der Waals surface area contributed by atoms with Crippen LogP contribution in [0.15, 0.2) is 18.3 Å². The summed E-state index contributed by atoms with van der Waals surface area (Å²) in [6, 6.07) is 3.46. The number of rotatable bonds is 3. The van der Waals surface area contributed by atoms with Crippen LogP contribution in [0.25, 0.3) is 0 Å². The van der Waals surface area contributed by atoms with Crippen LogP contribution in [0.2, 0.25) is 0 Å². The van der Waals surface area contributed by atoms with Gasteiger partial charge in [-0.2, -0.15) is 0 Å². The van der Waals surface area contributed by atoms with E-state index in [1.54, 1.807) is 24.6 Å². The topological polar surface area (TPSA) is 59.3 Å². The van der Waals surface area contributed by atoms with E-state index in [9.17, 15) is 9.59 Å². The van der Waals surface area contributed by atoms with Crippen LogP contribution in [-0.2, 0) is 19.9 Å². The quantitative estimate of drug-likeness (QED) is 0.699. The van der Waals surface area contributed by atoms with Crippen molar-refractivity contribution < 1.29 is 14.7 Å². The molecule has 2 heterocycles. The Kier molecular flexibility index (Phi) is 3.68. The number of nitrogens with zero attached hydrogens (tertiary/aromatic N) is 1. The molecule has 0 fully saturated rings. The normalized spacial score (nSPS) is 14.5. The summed E-state index contributed by atoms with van der Waals surface area (Å²) in [6.45, 7) is 0. The lowest BCUT2D eigenvalue weighted by Crippen LogP contribution is -2.02. The zero-order valence-corrected chi connectivity index (χ0v) is 12.7. The third kappa shape index (κ3) is 2.65. The Hall–Kier alpha value is -1.88. The van der Waals surface area contributed by atoms with Gasteiger partial charge in [0, 0.05) is 23.7 Å². The zero-order chi connectivity index (χ0) is 15.0. The molecule has 2 aromatic heterocycles. The number of carbonyl (C=O) groups is 2. The van der Waals surface area contributed by atoms with E-state index in [1.165, 1.54) is 40.3 Å². The molecule has 0 saturated heterocycles. The third-order valence-electron chi connectivity index (χ3n) is 3.96. The molecule has 0 atom stereocenters. The lowest BCUT2D eigenvalue weighted by molar-refractivity contribution is 0.0686. The molecule has 0 saturated carbocycles. The van der Waals surface area contributed by atoms with Gasteiger partial charge in [-0.15, -0.1) is 11.3 Å². The summed E-state index contributed by atoms with van der Waals surface area (Å²) in [5.41, 5.74) is 1.89. The Balaban J connectivity index is 1.92. The second kappa shape index (κ2) is 5.48. The maximum absolute atomic E-state index is 12.5. The molecule has 0 aromatic carbocycles. The van der Waals surface area contributed by atoms with Crippen LogP contribution < -0.4 is 0 Å². The van der Waals surface area contributed by atoms with Crippen LogP contribution in [0.4, 0.5) is 0 Å². The van der Waals surface area contributed by atoms with Crippen molar-refractivity contribution >= 4 is 23.1 Å². The van der Waals surface area contributed by atoms with E-state index in [0.717, 1.165) is 17.7 Å². The summed E-state index contributed by atoms with van der Waals surface area (Å²) in [6.07, 6.45) is 7.33. The molecule has 21 heavy (non-hydrogen) atoms. The smallest absolute Gasteiger partial charge is 0.352 e. The summed E-state index contributed by atoms with van der Waals surface area (Å²) in [7, 11) is 1.64. The number of carbonyl (C=O) groups excluding carboxylic acids is 1. The Morgan fingerprint density at radius 1 is 1.19 bits per heavy atom. The van der Waals surface area contributed by atoms with Crippen molar-refractivity contribution in [2.24, 2.45) is 7.05 Å². The highest BCUT2D eigenvalue weighted by atomic mass is 32.1. The first-order chi connectivity index (χ1) is 10.1. The van der Waals surface area contributed by atoms with E-state index in [4.69, 9.17) is 5.11 Å². The largest absolute Gasteiger partial charge is 0.477 e. The predicted molar refractivity (Wildman–Crippen MR) is 81.4 cm³/mol. The number of aryl methyl sites for hydroxylation is 3. The molecule has 0 spiro atoms. The molecule has 5 heteroatoms. The Labute approximate surface area is 127 Å². The number of aromatic nitrogens is 1. The molecular weight excluding hydrogens is 286 g/mol. The number of hydrogen-bond donors (Lipinski definition) is 1. The van der Waals surface area contributed by atoms with E-state index in [2.05, 4.69) is 0 Å². The molecule has 0 unspecified atom stereocenters. The average molecular weight is 303 g/mol. The summed E-state index contributed by atoms with van der Waals surface area (Å²) < 4.78 is 1.48. The van der Waals surface area contributed by atoms with Crippen LogP contribution >= 0.6 is 11.3 Å². The lowest BCUT2D eigenvalue weighted by Gasteiger charge is -1.94. The second-order valence-electron chi connectivity index (χ2n) is 5.48. The lowest BCUT2D eigenvalue weighted by atomic mass is 10.1. The van der Waals surface area contributed by atoms with Crippen LogP contribution in [0, 0.1) is 0 Å². The first-order valence-electron chi connectivity index (χ1n) is 7.12. The molecule has 1 aliphatic carbocycles. The van der Waals surface area contributed by atoms with E-state index in [0.29, 0.717) is 5.56 Å². The number of carboxylic acids is 1. The Bertz CT molecular complexity index is 688. The number of ketones is 1. The van der Waals surface area contributed by atoms with Crippen LogP contribution in [0.1, 0.15) is 55.4 Å². The maximum Gasteiger partial charge on any atom is 0.352 e. The van der Waals surface area contributed by atoms with Crippen molar-refractivity contribution in [2.45, 2.75) is 32.1 Å². The van der Waals surface area contributed by atoms with E-state index in [-0.39, 0.29) is 11.5 Å². The minimum Gasteiger partial charge on any atom is -0.477 e. The van der Waals surface area contributed by atoms with Gasteiger partial charge >= 0.3 is 5.97 Å². The molecule has 1 aliphatic rings. The van der Waals surface area contributed by atoms with Gasteiger partial charge in [0.25, 0.3) is 0 Å². The average Bonchev–Trinajstić information content (AvgIpc) is 2.96. The SMILES string of the molecule is Cn1cc(C(=O)c2cc3c(s2)CCCCC3)cc1C(=O)O. The highest BCUT2D eigenvalue weighted by Crippen LogP contribution is 2.30. The molecule has 0 amide bonds. The van der Waals surface area contributed by atoms with Crippen LogP contribution in [0.3, 0.4) is 0 Å². The highest BCUT2D eigenvalue weighted by Gasteiger charge is 2.20. The first-order valence-corrected chi connectivity index (χ1v) is 7.94. The zero-order valence-electron chi connectivity index (χ0n) is 11.9. The Morgan fingerprint density at radius 3 is 2.67 bits per heavy atom. The molecule has 1 N–H and O–H groups in total. The van der Waals surface area contributed by atoms with Gasteiger partial charge in [0.15, 0.2) is 0 Å². The number of hydrogen-bond acceptors (Lipinski definition) is 3. The van der Waals surface area contributed by atoms with Gasteiger partial charge in [0.1, 0.15) is 5.69 Å². The van der Waals surface area contributed by atoms with Crippen molar-refractivity contribution in [1.29, 1.82) is 0 Å². The number of thiophene rings is 1. The predicted octanol–water partition coefficient (Wildman–Crippen LogP) is 3.28. The molecule has 110 valence electrons. The van der Waals surface area contributed by atoms with Crippen molar-refractivity contribution in [1.82, 2.24) is 4.57 Å². The maximum atomic E-state index is 12.5. The summed E-state index contributed by atoms with van der Waals surface area (Å²) in [4.78, 5) is 25.7. The fourth-order valence-corrected chi connectivity index (χ4v) is 4.04. The van der Waals surface area contributed by atoms with Crippen molar-refractivity contribution in [2.75, 3.05) is 0 Å². The van der Waals surface area contributed by atoms with Gasteiger partial charge in [-0.3, -0.25) is 4.79 Å². The fraction of sp³-hybridized carbons (Fsp3) is 0.375. The minimum atomic E-state index is -1.02. The number of carboxylic acid groups (broad SMARTS) is 1. The summed E-state index contributed by atoms with van der Waals surface area (Å²) >= 11 is 1.57. The standard InChI is InChI=1S/C16H17NO3S/c1-17-9-11(7-12(17)16(19)20)15(18)14-8-10-5-3-2-4-6-13(10)21-14/h7-9H,2-6H2,1H3,(H,19,20). The monoisotopic (exact) mass is 303 g/mol. The number of aromatic carboxylic acids is 1. The van der Waals surface area contributed by atoms with E-state index < -0.39 is 5.97 Å². The first kappa shape index (κ1) is 14.1. The van der Waals surface area contributed by atoms with Crippen LogP contribution in [0.5, 0.6) is 0 Å². The molecule has 0 aliphatic heterocycles. The van der Waals surface area contributed by atoms with Crippen molar-refractivity contribution in [3.05, 3.63) is 44.9 Å². The van der Waals surface area contributed by atoms with Gasteiger partial charge in [0.05, 0.1) is 4.88 Å². The van der Waals surface area contributed by atoms with Gasteiger partial charge in [0.2, 0.25) is 5.78 Å². The summed E-state index contributed by atoms with van der Waals surface area (Å²) in [5, 5.41) is 9.07. The summed E-state index contributed by atoms with van der Waals surface area (Å²) in [5.74, 6) is -1.09.